The maximum absolute atomic E-state index is 11.6. The number of non-ortho nitro benzene ring substituents is 1. The van der Waals surface area contributed by atoms with E-state index in [0.29, 0.717) is 19.5 Å². The molecular weight excluding hydrogens is 268 g/mol. The summed E-state index contributed by atoms with van der Waals surface area (Å²) in [5.74, 6) is 0.274. The largest absolute Gasteiger partial charge is 0.311 e. The second-order valence-electron chi connectivity index (χ2n) is 4.69. The molecule has 1 fully saturated rings. The molecule has 1 aromatic rings. The molecule has 1 aliphatic heterocycles. The Morgan fingerprint density at radius 1 is 1.42 bits per heavy atom. The first-order valence-corrected chi connectivity index (χ1v) is 7.86. The van der Waals surface area contributed by atoms with Gasteiger partial charge in [0.25, 0.3) is 5.69 Å². The number of sulfone groups is 1. The highest BCUT2D eigenvalue weighted by Crippen LogP contribution is 2.19. The Morgan fingerprint density at radius 2 is 2.21 bits per heavy atom. The summed E-state index contributed by atoms with van der Waals surface area (Å²) in [6.07, 6.45) is 1.43. The predicted octanol–water partition coefficient (Wildman–Crippen LogP) is 1.26. The lowest BCUT2D eigenvalue weighted by molar-refractivity contribution is -0.384. The number of nitro groups is 1. The van der Waals surface area contributed by atoms with Gasteiger partial charge in [-0.15, -0.1) is 0 Å². The van der Waals surface area contributed by atoms with Crippen molar-refractivity contribution in [3.8, 4) is 0 Å². The van der Waals surface area contributed by atoms with Crippen LogP contribution in [0.4, 0.5) is 5.69 Å². The van der Waals surface area contributed by atoms with Crippen LogP contribution in [0.1, 0.15) is 18.4 Å². The summed E-state index contributed by atoms with van der Waals surface area (Å²) in [7, 11) is -2.93. The third-order valence-corrected chi connectivity index (χ3v) is 5.56. The van der Waals surface area contributed by atoms with E-state index in [9.17, 15) is 18.5 Å². The van der Waals surface area contributed by atoms with Crippen molar-refractivity contribution in [2.75, 3.05) is 12.3 Å². The third kappa shape index (κ3) is 3.51. The quantitative estimate of drug-likeness (QED) is 0.649. The van der Waals surface area contributed by atoms with E-state index in [1.165, 1.54) is 12.1 Å². The summed E-state index contributed by atoms with van der Waals surface area (Å²) in [6.45, 7) is 0.846. The van der Waals surface area contributed by atoms with Crippen molar-refractivity contribution >= 4 is 15.5 Å². The number of rotatable bonds is 5. The first-order chi connectivity index (χ1) is 8.99. The van der Waals surface area contributed by atoms with Crippen molar-refractivity contribution in [1.82, 2.24) is 5.32 Å². The molecule has 1 aromatic carbocycles. The SMILES string of the molecule is O=[N+]([O-])c1cccc(CNC[C@@H]2CCCS2(=O)=O)c1. The first-order valence-electron chi connectivity index (χ1n) is 6.14. The molecule has 1 saturated heterocycles. The van der Waals surface area contributed by atoms with Crippen molar-refractivity contribution < 1.29 is 13.3 Å². The molecule has 7 heteroatoms. The zero-order valence-corrected chi connectivity index (χ0v) is 11.2. The summed E-state index contributed by atoms with van der Waals surface area (Å²) < 4.78 is 23.2. The summed E-state index contributed by atoms with van der Waals surface area (Å²) in [5, 5.41) is 13.4. The molecule has 1 heterocycles. The van der Waals surface area contributed by atoms with Gasteiger partial charge in [-0.2, -0.15) is 0 Å². The van der Waals surface area contributed by atoms with E-state index in [1.807, 2.05) is 0 Å². The number of benzene rings is 1. The second kappa shape index (κ2) is 5.66. The van der Waals surface area contributed by atoms with Gasteiger partial charge in [0, 0.05) is 25.2 Å². The Labute approximate surface area is 111 Å². The van der Waals surface area contributed by atoms with Gasteiger partial charge < -0.3 is 5.32 Å². The minimum Gasteiger partial charge on any atom is -0.311 e. The molecule has 0 spiro atoms. The second-order valence-corrected chi connectivity index (χ2v) is 7.09. The Morgan fingerprint density at radius 3 is 2.84 bits per heavy atom. The molecule has 0 aromatic heterocycles. The molecule has 19 heavy (non-hydrogen) atoms. The Kier molecular flexibility index (Phi) is 4.16. The van der Waals surface area contributed by atoms with E-state index in [4.69, 9.17) is 0 Å². The highest BCUT2D eigenvalue weighted by atomic mass is 32.2. The minimum atomic E-state index is -2.93. The predicted molar refractivity (Wildman–Crippen MR) is 71.6 cm³/mol. The number of nitrogens with one attached hydrogen (secondary N) is 1. The molecule has 0 amide bonds. The van der Waals surface area contributed by atoms with Gasteiger partial charge in [0.2, 0.25) is 0 Å². The van der Waals surface area contributed by atoms with Crippen LogP contribution >= 0.6 is 0 Å². The average molecular weight is 284 g/mol. The molecule has 104 valence electrons. The highest BCUT2D eigenvalue weighted by molar-refractivity contribution is 7.92. The average Bonchev–Trinajstić information content (AvgIpc) is 2.69. The van der Waals surface area contributed by atoms with Crippen molar-refractivity contribution in [3.63, 3.8) is 0 Å². The number of nitro benzene ring substituents is 1. The fraction of sp³-hybridized carbons (Fsp3) is 0.500. The zero-order chi connectivity index (χ0) is 13.9. The van der Waals surface area contributed by atoms with Gasteiger partial charge >= 0.3 is 0 Å². The van der Waals surface area contributed by atoms with E-state index >= 15 is 0 Å². The smallest absolute Gasteiger partial charge is 0.269 e. The van der Waals surface area contributed by atoms with Gasteiger partial charge in [0.1, 0.15) is 0 Å². The lowest BCUT2D eigenvalue weighted by atomic mass is 10.2. The molecule has 0 saturated carbocycles. The molecule has 2 rings (SSSR count). The van der Waals surface area contributed by atoms with E-state index in [1.54, 1.807) is 12.1 Å². The summed E-state index contributed by atoms with van der Waals surface area (Å²) in [4.78, 5) is 10.2. The van der Waals surface area contributed by atoms with Crippen LogP contribution in [-0.2, 0) is 16.4 Å². The van der Waals surface area contributed by atoms with Crippen molar-refractivity contribution in [2.24, 2.45) is 0 Å². The molecule has 0 bridgehead atoms. The van der Waals surface area contributed by atoms with Crippen LogP contribution in [0.2, 0.25) is 0 Å². The van der Waals surface area contributed by atoms with Crippen LogP contribution in [0.5, 0.6) is 0 Å². The maximum atomic E-state index is 11.6. The third-order valence-electron chi connectivity index (χ3n) is 3.29. The van der Waals surface area contributed by atoms with Crippen LogP contribution in [0.3, 0.4) is 0 Å². The fourth-order valence-corrected chi connectivity index (χ4v) is 4.04. The van der Waals surface area contributed by atoms with Gasteiger partial charge in [0.05, 0.1) is 15.9 Å². The van der Waals surface area contributed by atoms with Gasteiger partial charge in [-0.3, -0.25) is 10.1 Å². The van der Waals surface area contributed by atoms with Crippen LogP contribution in [0, 0.1) is 10.1 Å². The van der Waals surface area contributed by atoms with Gasteiger partial charge in [0.15, 0.2) is 9.84 Å². The lowest BCUT2D eigenvalue weighted by Crippen LogP contribution is -2.30. The maximum Gasteiger partial charge on any atom is 0.269 e. The Balaban J connectivity index is 1.89. The lowest BCUT2D eigenvalue weighted by Gasteiger charge is -2.10. The van der Waals surface area contributed by atoms with E-state index < -0.39 is 14.8 Å². The molecule has 1 N–H and O–H groups in total. The first kappa shape index (κ1) is 14.0. The molecule has 1 atom stereocenters. The van der Waals surface area contributed by atoms with E-state index in [2.05, 4.69) is 5.32 Å². The number of hydrogen-bond donors (Lipinski definition) is 1. The van der Waals surface area contributed by atoms with Crippen molar-refractivity contribution in [3.05, 3.63) is 39.9 Å². The van der Waals surface area contributed by atoms with Gasteiger partial charge in [-0.25, -0.2) is 8.42 Å². The van der Waals surface area contributed by atoms with Crippen LogP contribution in [0.15, 0.2) is 24.3 Å². The molecule has 1 aliphatic rings. The van der Waals surface area contributed by atoms with Crippen LogP contribution in [0.25, 0.3) is 0 Å². The summed E-state index contributed by atoms with van der Waals surface area (Å²) in [6, 6.07) is 6.34. The molecular formula is C12H16N2O4S. The normalized spacial score (nSPS) is 21.4. The monoisotopic (exact) mass is 284 g/mol. The number of nitrogens with zero attached hydrogens (tertiary/aromatic N) is 1. The molecule has 0 radical (unpaired) electrons. The Hall–Kier alpha value is -1.47. The summed E-state index contributed by atoms with van der Waals surface area (Å²) >= 11 is 0. The Bertz CT molecular complexity index is 571. The van der Waals surface area contributed by atoms with Crippen LogP contribution in [-0.4, -0.2) is 30.9 Å². The standard InChI is InChI=1S/C12H16N2O4S/c15-14(16)11-4-1-3-10(7-11)8-13-9-12-5-2-6-19(12,17)18/h1,3-4,7,12-13H,2,5-6,8-9H2/t12-/m0/s1. The topological polar surface area (TPSA) is 89.3 Å². The van der Waals surface area contributed by atoms with Gasteiger partial charge in [-0.1, -0.05) is 12.1 Å². The molecule has 6 nitrogen and oxygen atoms in total. The van der Waals surface area contributed by atoms with Crippen LogP contribution < -0.4 is 5.32 Å². The van der Waals surface area contributed by atoms with E-state index in [-0.39, 0.29) is 16.7 Å². The van der Waals surface area contributed by atoms with E-state index in [0.717, 1.165) is 12.0 Å². The molecule has 0 aliphatic carbocycles. The van der Waals surface area contributed by atoms with Gasteiger partial charge in [-0.05, 0) is 18.4 Å². The minimum absolute atomic E-state index is 0.0489. The number of hydrogen-bond acceptors (Lipinski definition) is 5. The highest BCUT2D eigenvalue weighted by Gasteiger charge is 2.30. The van der Waals surface area contributed by atoms with Crippen molar-refractivity contribution in [1.29, 1.82) is 0 Å². The van der Waals surface area contributed by atoms with Crippen molar-refractivity contribution in [2.45, 2.75) is 24.6 Å². The zero-order valence-electron chi connectivity index (χ0n) is 10.4. The fourth-order valence-electron chi connectivity index (χ4n) is 2.24. The summed E-state index contributed by atoms with van der Waals surface area (Å²) in [5.41, 5.74) is 0.831. The molecule has 0 unspecified atom stereocenters.